The van der Waals surface area contributed by atoms with Crippen LogP contribution in [0.1, 0.15) is 13.8 Å². The zero-order valence-electron chi connectivity index (χ0n) is 11.8. The van der Waals surface area contributed by atoms with Gasteiger partial charge in [0.1, 0.15) is 4.60 Å². The van der Waals surface area contributed by atoms with E-state index >= 15 is 0 Å². The molecule has 0 aliphatic heterocycles. The third-order valence-electron chi connectivity index (χ3n) is 2.66. The molecule has 5 heteroatoms. The molecule has 1 heterocycles. The van der Waals surface area contributed by atoms with Crippen LogP contribution in [0.3, 0.4) is 0 Å². The molecule has 0 spiro atoms. The first-order valence-corrected chi connectivity index (χ1v) is 7.20. The molecule has 0 fully saturated rings. The van der Waals surface area contributed by atoms with Crippen LogP contribution in [0.5, 0.6) is 11.5 Å². The molecule has 0 N–H and O–H groups in total. The summed E-state index contributed by atoms with van der Waals surface area (Å²) in [5, 5.41) is 8.12. The maximum atomic E-state index is 5.73. The first kappa shape index (κ1) is 14.8. The summed E-state index contributed by atoms with van der Waals surface area (Å²) in [5.41, 5.74) is 1.74. The topological polar surface area (TPSA) is 44.2 Å². The molecule has 20 heavy (non-hydrogen) atoms. The Morgan fingerprint density at radius 3 is 2.50 bits per heavy atom. The molecule has 4 nitrogen and oxygen atoms in total. The molecular weight excluding hydrogens is 320 g/mol. The molecule has 1 aromatic carbocycles. The van der Waals surface area contributed by atoms with Crippen molar-refractivity contribution >= 4 is 15.9 Å². The van der Waals surface area contributed by atoms with Crippen molar-refractivity contribution in [1.82, 2.24) is 10.2 Å². The lowest BCUT2D eigenvalue weighted by atomic mass is 10.1. The Labute approximate surface area is 127 Å². The summed E-state index contributed by atoms with van der Waals surface area (Å²) in [5.74, 6) is 1.92. The summed E-state index contributed by atoms with van der Waals surface area (Å²) in [4.78, 5) is 0. The van der Waals surface area contributed by atoms with E-state index in [4.69, 9.17) is 9.47 Å². The van der Waals surface area contributed by atoms with Gasteiger partial charge in [-0.1, -0.05) is 13.8 Å². The Morgan fingerprint density at radius 2 is 1.90 bits per heavy atom. The maximum Gasteiger partial charge on any atom is 0.161 e. The Hall–Kier alpha value is -1.62. The van der Waals surface area contributed by atoms with Crippen LogP contribution in [-0.4, -0.2) is 23.9 Å². The minimum absolute atomic E-state index is 0.469. The molecule has 106 valence electrons. The quantitative estimate of drug-likeness (QED) is 0.829. The molecule has 0 amide bonds. The van der Waals surface area contributed by atoms with Crippen LogP contribution >= 0.6 is 15.9 Å². The first-order valence-electron chi connectivity index (χ1n) is 6.40. The largest absolute Gasteiger partial charge is 0.493 e. The fourth-order valence-corrected chi connectivity index (χ4v) is 1.88. The van der Waals surface area contributed by atoms with E-state index in [1.165, 1.54) is 0 Å². The number of methoxy groups -OCH3 is 1. The van der Waals surface area contributed by atoms with E-state index in [2.05, 4.69) is 40.0 Å². The molecular formula is C15H17BrN2O2. The van der Waals surface area contributed by atoms with Gasteiger partial charge in [0.15, 0.2) is 11.5 Å². The van der Waals surface area contributed by atoms with E-state index in [1.807, 2.05) is 30.3 Å². The van der Waals surface area contributed by atoms with E-state index in [9.17, 15) is 0 Å². The highest BCUT2D eigenvalue weighted by Crippen LogP contribution is 2.32. The third kappa shape index (κ3) is 3.70. The molecule has 1 aromatic heterocycles. The van der Waals surface area contributed by atoms with Crippen molar-refractivity contribution in [2.24, 2.45) is 5.92 Å². The van der Waals surface area contributed by atoms with E-state index in [0.29, 0.717) is 22.9 Å². The highest BCUT2D eigenvalue weighted by Gasteiger charge is 2.09. The van der Waals surface area contributed by atoms with Gasteiger partial charge in [0.2, 0.25) is 0 Å². The lowest BCUT2D eigenvalue weighted by Crippen LogP contribution is -2.05. The van der Waals surface area contributed by atoms with Crippen molar-refractivity contribution in [2.45, 2.75) is 13.8 Å². The Balaban J connectivity index is 2.26. The van der Waals surface area contributed by atoms with Gasteiger partial charge in [0, 0.05) is 5.56 Å². The third-order valence-corrected chi connectivity index (χ3v) is 3.09. The lowest BCUT2D eigenvalue weighted by Gasteiger charge is -2.13. The summed E-state index contributed by atoms with van der Waals surface area (Å²) in [7, 11) is 1.63. The second kappa shape index (κ2) is 6.70. The van der Waals surface area contributed by atoms with Crippen molar-refractivity contribution in [3.63, 3.8) is 0 Å². The van der Waals surface area contributed by atoms with Crippen LogP contribution in [0.4, 0.5) is 0 Å². The van der Waals surface area contributed by atoms with Gasteiger partial charge >= 0.3 is 0 Å². The van der Waals surface area contributed by atoms with Crippen LogP contribution < -0.4 is 9.47 Å². The van der Waals surface area contributed by atoms with Gasteiger partial charge in [-0.3, -0.25) is 0 Å². The van der Waals surface area contributed by atoms with Crippen LogP contribution in [0.15, 0.2) is 34.9 Å². The average molecular weight is 337 g/mol. The molecule has 0 aliphatic rings. The zero-order valence-corrected chi connectivity index (χ0v) is 13.3. The van der Waals surface area contributed by atoms with Gasteiger partial charge in [0.05, 0.1) is 19.4 Å². The second-order valence-corrected chi connectivity index (χ2v) is 5.62. The van der Waals surface area contributed by atoms with Gasteiger partial charge < -0.3 is 9.47 Å². The highest BCUT2D eigenvalue weighted by atomic mass is 79.9. The molecule has 0 saturated carbocycles. The Bertz CT molecular complexity index is 571. The van der Waals surface area contributed by atoms with Gasteiger partial charge in [-0.2, -0.15) is 0 Å². The fourth-order valence-electron chi connectivity index (χ4n) is 1.67. The van der Waals surface area contributed by atoms with E-state index < -0.39 is 0 Å². The number of halogens is 1. The van der Waals surface area contributed by atoms with Crippen LogP contribution in [0.2, 0.25) is 0 Å². The van der Waals surface area contributed by atoms with Crippen molar-refractivity contribution in [1.29, 1.82) is 0 Å². The lowest BCUT2D eigenvalue weighted by molar-refractivity contribution is 0.257. The SMILES string of the molecule is COc1cc(-c2ccc(Br)nn2)ccc1OCC(C)C. The van der Waals surface area contributed by atoms with Gasteiger partial charge in [-0.25, -0.2) is 0 Å². The zero-order chi connectivity index (χ0) is 14.5. The number of hydrogen-bond acceptors (Lipinski definition) is 4. The summed E-state index contributed by atoms with van der Waals surface area (Å²) in [6, 6.07) is 9.53. The van der Waals surface area contributed by atoms with Crippen molar-refractivity contribution < 1.29 is 9.47 Å². The van der Waals surface area contributed by atoms with E-state index in [0.717, 1.165) is 17.0 Å². The van der Waals surface area contributed by atoms with Crippen molar-refractivity contribution in [3.05, 3.63) is 34.9 Å². The molecule has 0 unspecified atom stereocenters. The van der Waals surface area contributed by atoms with E-state index in [-0.39, 0.29) is 0 Å². The number of aromatic nitrogens is 2. The molecule has 0 saturated heterocycles. The van der Waals surface area contributed by atoms with Gasteiger partial charge in [0.25, 0.3) is 0 Å². The van der Waals surface area contributed by atoms with Gasteiger partial charge in [-0.15, -0.1) is 10.2 Å². The predicted octanol–water partition coefficient (Wildman–Crippen LogP) is 3.95. The van der Waals surface area contributed by atoms with Gasteiger partial charge in [-0.05, 0) is 52.2 Å². The number of nitrogens with zero attached hydrogens (tertiary/aromatic N) is 2. The van der Waals surface area contributed by atoms with Crippen molar-refractivity contribution in [3.8, 4) is 22.8 Å². The molecule has 2 rings (SSSR count). The summed E-state index contributed by atoms with van der Waals surface area (Å²) < 4.78 is 11.8. The second-order valence-electron chi connectivity index (χ2n) is 4.81. The summed E-state index contributed by atoms with van der Waals surface area (Å²) >= 11 is 3.27. The van der Waals surface area contributed by atoms with E-state index in [1.54, 1.807) is 7.11 Å². The Kier molecular flexibility index (Phi) is 4.95. The number of hydrogen-bond donors (Lipinski definition) is 0. The van der Waals surface area contributed by atoms with Crippen LogP contribution in [0.25, 0.3) is 11.3 Å². The minimum atomic E-state index is 0.469. The Morgan fingerprint density at radius 1 is 1.10 bits per heavy atom. The standard InChI is InChI=1S/C15H17BrN2O2/c1-10(2)9-20-13-6-4-11(8-14(13)19-3)12-5-7-15(16)18-17-12/h4-8,10H,9H2,1-3H3. The normalized spacial score (nSPS) is 10.7. The fraction of sp³-hybridized carbons (Fsp3) is 0.333. The van der Waals surface area contributed by atoms with Crippen LogP contribution in [0, 0.1) is 5.92 Å². The number of rotatable bonds is 5. The minimum Gasteiger partial charge on any atom is -0.493 e. The monoisotopic (exact) mass is 336 g/mol. The number of benzene rings is 1. The molecule has 0 atom stereocenters. The maximum absolute atomic E-state index is 5.73. The molecule has 0 aliphatic carbocycles. The highest BCUT2D eigenvalue weighted by molar-refractivity contribution is 9.10. The summed E-state index contributed by atoms with van der Waals surface area (Å²) in [6.07, 6.45) is 0. The number of ether oxygens (including phenoxy) is 2. The molecule has 0 bridgehead atoms. The molecule has 0 radical (unpaired) electrons. The summed E-state index contributed by atoms with van der Waals surface area (Å²) in [6.45, 7) is 4.88. The first-order chi connectivity index (χ1) is 9.60. The average Bonchev–Trinajstić information content (AvgIpc) is 2.45. The predicted molar refractivity (Wildman–Crippen MR) is 82.1 cm³/mol. The van der Waals surface area contributed by atoms with Crippen LogP contribution in [-0.2, 0) is 0 Å². The smallest absolute Gasteiger partial charge is 0.161 e. The molecule has 2 aromatic rings. The van der Waals surface area contributed by atoms with Crippen molar-refractivity contribution in [2.75, 3.05) is 13.7 Å².